The summed E-state index contributed by atoms with van der Waals surface area (Å²) in [6.07, 6.45) is 3.27. The normalized spacial score (nSPS) is 17.9. The lowest BCUT2D eigenvalue weighted by Crippen LogP contribution is -2.05. The third-order valence-electron chi connectivity index (χ3n) is 2.65. The Morgan fingerprint density at radius 1 is 1.35 bits per heavy atom. The van der Waals surface area contributed by atoms with Gasteiger partial charge in [0.2, 0.25) is 0 Å². The lowest BCUT2D eigenvalue weighted by atomic mass is 10.00. The molecule has 0 bridgehead atoms. The van der Waals surface area contributed by atoms with Crippen molar-refractivity contribution in [3.8, 4) is 6.07 Å². The molecular formula is C14H10N2O3S. The highest BCUT2D eigenvalue weighted by Crippen LogP contribution is 2.34. The molecular weight excluding hydrogens is 276 g/mol. The first-order valence-electron chi connectivity index (χ1n) is 5.61. The van der Waals surface area contributed by atoms with E-state index in [0.717, 1.165) is 11.8 Å². The molecule has 0 radical (unpaired) electrons. The Bertz CT molecular complexity index is 684. The molecule has 1 heterocycles. The molecule has 0 aromatic heterocycles. The van der Waals surface area contributed by atoms with Crippen LogP contribution in [-0.4, -0.2) is 23.3 Å². The third kappa shape index (κ3) is 2.58. The minimum atomic E-state index is -0.503. The molecule has 20 heavy (non-hydrogen) atoms. The van der Waals surface area contributed by atoms with Gasteiger partial charge in [0.15, 0.2) is 0 Å². The van der Waals surface area contributed by atoms with Crippen LogP contribution < -0.4 is 0 Å². The molecule has 0 spiro atoms. The maximum absolute atomic E-state index is 11.7. The Balaban J connectivity index is 2.56. The minimum Gasteiger partial charge on any atom is -0.465 e. The second-order valence-electron chi connectivity index (χ2n) is 3.76. The molecule has 100 valence electrons. The number of benzene rings is 1. The summed E-state index contributed by atoms with van der Waals surface area (Å²) in [6.45, 7) is 0. The number of rotatable bonds is 2. The summed E-state index contributed by atoms with van der Waals surface area (Å²) in [5.74, 6) is -0.503. The van der Waals surface area contributed by atoms with E-state index in [4.69, 9.17) is 9.94 Å². The molecule has 1 aliphatic rings. The van der Waals surface area contributed by atoms with Gasteiger partial charge in [0.1, 0.15) is 11.1 Å². The lowest BCUT2D eigenvalue weighted by molar-refractivity contribution is 0.0600. The number of thioether (sulfide) groups is 1. The summed E-state index contributed by atoms with van der Waals surface area (Å²) >= 11 is 1.16. The van der Waals surface area contributed by atoms with Crippen LogP contribution in [0.5, 0.6) is 0 Å². The molecule has 1 aromatic carbocycles. The Labute approximate surface area is 119 Å². The molecule has 5 nitrogen and oxygen atoms in total. The average molecular weight is 286 g/mol. The van der Waals surface area contributed by atoms with E-state index in [1.165, 1.54) is 7.11 Å². The van der Waals surface area contributed by atoms with E-state index in [2.05, 4.69) is 11.2 Å². The van der Waals surface area contributed by atoms with E-state index in [0.29, 0.717) is 26.6 Å². The molecule has 1 N–H and O–H groups in total. The smallest absolute Gasteiger partial charge is 0.338 e. The first kappa shape index (κ1) is 13.9. The number of carbonyl (C=O) groups is 1. The average Bonchev–Trinajstić information content (AvgIpc) is 2.96. The van der Waals surface area contributed by atoms with Crippen molar-refractivity contribution in [2.75, 3.05) is 7.11 Å². The monoisotopic (exact) mass is 286 g/mol. The van der Waals surface area contributed by atoms with E-state index in [1.807, 2.05) is 0 Å². The Hall–Kier alpha value is -2.52. The summed E-state index contributed by atoms with van der Waals surface area (Å²) < 4.78 is 4.72. The standard InChI is InChI=1S/C14H10N2O3S/c1-19-14(17)10-5-3-2-4-9(10)11(8-15)12-6-7-13(16-18)20-12/h2-7,18H,1H3. The highest BCUT2D eigenvalue weighted by atomic mass is 32.2. The summed E-state index contributed by atoms with van der Waals surface area (Å²) in [5.41, 5.74) is 1.15. The zero-order valence-corrected chi connectivity index (χ0v) is 11.3. The van der Waals surface area contributed by atoms with Crippen molar-refractivity contribution in [2.45, 2.75) is 0 Å². The molecule has 0 saturated carbocycles. The Morgan fingerprint density at radius 3 is 2.60 bits per heavy atom. The van der Waals surface area contributed by atoms with Crippen molar-refractivity contribution in [1.29, 1.82) is 5.26 Å². The molecule has 1 aliphatic heterocycles. The van der Waals surface area contributed by atoms with Crippen LogP contribution in [0, 0.1) is 11.3 Å². The van der Waals surface area contributed by atoms with Crippen molar-refractivity contribution in [2.24, 2.45) is 5.16 Å². The van der Waals surface area contributed by atoms with Crippen LogP contribution >= 0.6 is 11.8 Å². The van der Waals surface area contributed by atoms with Crippen LogP contribution in [0.1, 0.15) is 15.9 Å². The van der Waals surface area contributed by atoms with Gasteiger partial charge in [0.25, 0.3) is 0 Å². The maximum Gasteiger partial charge on any atom is 0.338 e. The first-order valence-corrected chi connectivity index (χ1v) is 6.43. The van der Waals surface area contributed by atoms with Crippen LogP contribution in [-0.2, 0) is 4.74 Å². The van der Waals surface area contributed by atoms with Crippen LogP contribution in [0.4, 0.5) is 0 Å². The van der Waals surface area contributed by atoms with Gasteiger partial charge in [-0.2, -0.15) is 5.26 Å². The number of nitriles is 1. The van der Waals surface area contributed by atoms with Gasteiger partial charge in [0.05, 0.1) is 18.2 Å². The van der Waals surface area contributed by atoms with E-state index in [1.54, 1.807) is 36.4 Å². The predicted octanol–water partition coefficient (Wildman–Crippen LogP) is 2.80. The molecule has 0 atom stereocenters. The number of nitrogens with zero attached hydrogens (tertiary/aromatic N) is 2. The highest BCUT2D eigenvalue weighted by Gasteiger charge is 2.20. The van der Waals surface area contributed by atoms with Gasteiger partial charge >= 0.3 is 5.97 Å². The Morgan fingerprint density at radius 2 is 2.05 bits per heavy atom. The molecule has 0 fully saturated rings. The largest absolute Gasteiger partial charge is 0.465 e. The molecule has 0 unspecified atom stereocenters. The summed E-state index contributed by atoms with van der Waals surface area (Å²) in [5, 5.41) is 21.6. The first-order chi connectivity index (χ1) is 9.71. The quantitative estimate of drug-likeness (QED) is 0.391. The van der Waals surface area contributed by atoms with Gasteiger partial charge in [-0.1, -0.05) is 35.1 Å². The number of allylic oxidation sites excluding steroid dienone is 2. The number of oxime groups is 1. The highest BCUT2D eigenvalue weighted by molar-refractivity contribution is 8.18. The number of hydrogen-bond acceptors (Lipinski definition) is 6. The summed E-state index contributed by atoms with van der Waals surface area (Å²) in [6, 6.07) is 8.81. The summed E-state index contributed by atoms with van der Waals surface area (Å²) in [4.78, 5) is 12.4. The SMILES string of the molecule is COC(=O)c1ccccc1C(C#N)=C1C=CC(=NO)S1. The van der Waals surface area contributed by atoms with Gasteiger partial charge in [-0.25, -0.2) is 4.79 Å². The van der Waals surface area contributed by atoms with Gasteiger partial charge in [-0.05, 0) is 18.2 Å². The van der Waals surface area contributed by atoms with Gasteiger partial charge < -0.3 is 9.94 Å². The molecule has 0 saturated heterocycles. The molecule has 0 aliphatic carbocycles. The second-order valence-corrected chi connectivity index (χ2v) is 4.82. The van der Waals surface area contributed by atoms with Crippen molar-refractivity contribution < 1.29 is 14.7 Å². The number of ether oxygens (including phenoxy) is 1. The topological polar surface area (TPSA) is 82.7 Å². The van der Waals surface area contributed by atoms with Crippen molar-refractivity contribution in [3.63, 3.8) is 0 Å². The van der Waals surface area contributed by atoms with Crippen LogP contribution in [0.3, 0.4) is 0 Å². The van der Waals surface area contributed by atoms with E-state index >= 15 is 0 Å². The van der Waals surface area contributed by atoms with Gasteiger partial charge in [-0.15, -0.1) is 0 Å². The zero-order chi connectivity index (χ0) is 14.5. The van der Waals surface area contributed by atoms with Crippen LogP contribution in [0.2, 0.25) is 0 Å². The number of esters is 1. The maximum atomic E-state index is 11.7. The van der Waals surface area contributed by atoms with E-state index < -0.39 is 5.97 Å². The van der Waals surface area contributed by atoms with Gasteiger partial charge in [-0.3, -0.25) is 0 Å². The van der Waals surface area contributed by atoms with Crippen molar-refractivity contribution in [3.05, 3.63) is 52.4 Å². The fraction of sp³-hybridized carbons (Fsp3) is 0.0714. The molecule has 1 aromatic rings. The van der Waals surface area contributed by atoms with E-state index in [-0.39, 0.29) is 0 Å². The van der Waals surface area contributed by atoms with Crippen LogP contribution in [0.25, 0.3) is 5.57 Å². The third-order valence-corrected chi connectivity index (χ3v) is 3.64. The summed E-state index contributed by atoms with van der Waals surface area (Å²) in [7, 11) is 1.29. The minimum absolute atomic E-state index is 0.322. The molecule has 6 heteroatoms. The van der Waals surface area contributed by atoms with Crippen molar-refractivity contribution in [1.82, 2.24) is 0 Å². The van der Waals surface area contributed by atoms with Crippen LogP contribution in [0.15, 0.2) is 46.5 Å². The number of methoxy groups -OCH3 is 1. The lowest BCUT2D eigenvalue weighted by Gasteiger charge is -2.08. The number of carbonyl (C=O) groups excluding carboxylic acids is 1. The fourth-order valence-electron chi connectivity index (χ4n) is 1.75. The second kappa shape index (κ2) is 6.08. The van der Waals surface area contributed by atoms with Crippen molar-refractivity contribution >= 4 is 28.3 Å². The zero-order valence-electron chi connectivity index (χ0n) is 10.5. The van der Waals surface area contributed by atoms with E-state index in [9.17, 15) is 10.1 Å². The number of hydrogen-bond donors (Lipinski definition) is 1. The molecule has 2 rings (SSSR count). The Kier molecular flexibility index (Phi) is 4.23. The predicted molar refractivity (Wildman–Crippen MR) is 76.3 cm³/mol. The molecule has 0 amide bonds. The van der Waals surface area contributed by atoms with Gasteiger partial charge in [0, 0.05) is 10.5 Å². The fourth-order valence-corrected chi connectivity index (χ4v) is 2.55.